The Hall–Kier alpha value is -2.15. The number of hydrogen-bond acceptors (Lipinski definition) is 4. The molecule has 6 nitrogen and oxygen atoms in total. The lowest BCUT2D eigenvalue weighted by atomic mass is 10.2. The van der Waals surface area contributed by atoms with E-state index >= 15 is 0 Å². The van der Waals surface area contributed by atoms with Crippen molar-refractivity contribution in [2.75, 3.05) is 13.1 Å². The average molecular weight is 292 g/mol. The van der Waals surface area contributed by atoms with Crippen LogP contribution >= 0.6 is 0 Å². The van der Waals surface area contributed by atoms with Crippen LogP contribution in [0.15, 0.2) is 35.0 Å². The zero-order valence-electron chi connectivity index (χ0n) is 11.5. The van der Waals surface area contributed by atoms with E-state index in [0.717, 1.165) is 0 Å². The Morgan fingerprint density at radius 1 is 1.57 bits per heavy atom. The molecule has 0 aliphatic carbocycles. The molecule has 1 amide bonds. The third-order valence-electron chi connectivity index (χ3n) is 3.44. The molecule has 3 heterocycles. The van der Waals surface area contributed by atoms with Crippen molar-refractivity contribution < 1.29 is 13.6 Å². The second-order valence-corrected chi connectivity index (χ2v) is 5.12. The summed E-state index contributed by atoms with van der Waals surface area (Å²) in [6, 6.07) is 5.20. The minimum absolute atomic E-state index is 0.0116. The summed E-state index contributed by atoms with van der Waals surface area (Å²) in [7, 11) is 0. The maximum atomic E-state index is 13.0. The first-order valence-electron chi connectivity index (χ1n) is 6.92. The molecule has 1 aliphatic heterocycles. The first kappa shape index (κ1) is 13.8. The van der Waals surface area contributed by atoms with Gasteiger partial charge in [0.2, 0.25) is 0 Å². The number of nitrogens with one attached hydrogen (secondary N) is 2. The molecule has 2 N–H and O–H groups in total. The molecule has 1 saturated heterocycles. The molecule has 3 rings (SSSR count). The van der Waals surface area contributed by atoms with Crippen LogP contribution in [0.3, 0.4) is 0 Å². The largest absolute Gasteiger partial charge is 0.454 e. The summed E-state index contributed by atoms with van der Waals surface area (Å²) in [5, 5.41) is 9.84. The third kappa shape index (κ3) is 3.49. The Balaban J connectivity index is 1.52. The fraction of sp³-hybridized carbons (Fsp3) is 0.429. The van der Waals surface area contributed by atoms with Gasteiger partial charge in [-0.1, -0.05) is 0 Å². The summed E-state index contributed by atoms with van der Waals surface area (Å²) in [6.07, 6.45) is 3.12. The molecule has 0 radical (unpaired) electrons. The van der Waals surface area contributed by atoms with Crippen LogP contribution in [0.25, 0.3) is 0 Å². The van der Waals surface area contributed by atoms with Gasteiger partial charge in [-0.15, -0.1) is 0 Å². The van der Waals surface area contributed by atoms with Gasteiger partial charge in [-0.3, -0.25) is 9.48 Å². The van der Waals surface area contributed by atoms with E-state index < -0.39 is 6.17 Å². The average Bonchev–Trinajstić information content (AvgIpc) is 3.19. The first-order valence-corrected chi connectivity index (χ1v) is 6.92. The van der Waals surface area contributed by atoms with Crippen molar-refractivity contribution >= 4 is 5.91 Å². The van der Waals surface area contributed by atoms with E-state index in [-0.39, 0.29) is 17.7 Å². The maximum absolute atomic E-state index is 13.0. The highest BCUT2D eigenvalue weighted by atomic mass is 19.1. The van der Waals surface area contributed by atoms with Crippen molar-refractivity contribution in [3.05, 3.63) is 42.1 Å². The molecule has 0 saturated carbocycles. The fourth-order valence-electron chi connectivity index (χ4n) is 2.37. The standard InChI is InChI=1S/C14H17FN4O2/c15-10-6-11(16-7-10)8-17-14(20)13-3-2-12(21-13)9-19-5-1-4-18-19/h1-5,10-11,16H,6-9H2,(H,17,20). The van der Waals surface area contributed by atoms with Gasteiger partial charge in [0.1, 0.15) is 11.9 Å². The zero-order valence-corrected chi connectivity index (χ0v) is 11.5. The van der Waals surface area contributed by atoms with E-state index in [9.17, 15) is 9.18 Å². The number of rotatable bonds is 5. The van der Waals surface area contributed by atoms with Gasteiger partial charge in [0.05, 0.1) is 6.54 Å². The summed E-state index contributed by atoms with van der Waals surface area (Å²) in [6.45, 7) is 1.23. The number of amides is 1. The number of hydrogen-bond donors (Lipinski definition) is 2. The van der Waals surface area contributed by atoms with Crippen LogP contribution in [0.4, 0.5) is 4.39 Å². The van der Waals surface area contributed by atoms with Gasteiger partial charge in [0.25, 0.3) is 5.91 Å². The molecule has 2 unspecified atom stereocenters. The normalized spacial score (nSPS) is 21.6. The summed E-state index contributed by atoms with van der Waals surface area (Å²) in [5.41, 5.74) is 0. The van der Waals surface area contributed by atoms with Crippen LogP contribution in [-0.2, 0) is 6.54 Å². The van der Waals surface area contributed by atoms with E-state index in [1.165, 1.54) is 0 Å². The molecule has 1 aliphatic rings. The number of nitrogens with zero attached hydrogens (tertiary/aromatic N) is 2. The molecule has 0 aromatic carbocycles. The Kier molecular flexibility index (Phi) is 4.01. The van der Waals surface area contributed by atoms with Gasteiger partial charge in [0.15, 0.2) is 5.76 Å². The minimum atomic E-state index is -0.823. The number of aromatic nitrogens is 2. The van der Waals surface area contributed by atoms with Crippen molar-refractivity contribution in [2.45, 2.75) is 25.2 Å². The van der Waals surface area contributed by atoms with Crippen LogP contribution in [0.2, 0.25) is 0 Å². The van der Waals surface area contributed by atoms with Crippen LogP contribution in [0.5, 0.6) is 0 Å². The summed E-state index contributed by atoms with van der Waals surface area (Å²) in [5.74, 6) is 0.629. The molecule has 1 fully saturated rings. The van der Waals surface area contributed by atoms with Crippen molar-refractivity contribution in [1.82, 2.24) is 20.4 Å². The lowest BCUT2D eigenvalue weighted by Gasteiger charge is -2.10. The van der Waals surface area contributed by atoms with Crippen molar-refractivity contribution in [3.63, 3.8) is 0 Å². The Morgan fingerprint density at radius 2 is 2.48 bits per heavy atom. The van der Waals surface area contributed by atoms with Crippen molar-refractivity contribution in [2.24, 2.45) is 0 Å². The molecule has 21 heavy (non-hydrogen) atoms. The van der Waals surface area contributed by atoms with Crippen LogP contribution in [-0.4, -0.2) is 41.0 Å². The minimum Gasteiger partial charge on any atom is -0.454 e. The van der Waals surface area contributed by atoms with Crippen LogP contribution in [0, 0.1) is 0 Å². The molecule has 2 aromatic heterocycles. The van der Waals surface area contributed by atoms with Crippen LogP contribution < -0.4 is 10.6 Å². The number of furan rings is 1. The number of carbonyl (C=O) groups is 1. The lowest BCUT2D eigenvalue weighted by Crippen LogP contribution is -2.37. The third-order valence-corrected chi connectivity index (χ3v) is 3.44. The molecule has 0 spiro atoms. The lowest BCUT2D eigenvalue weighted by molar-refractivity contribution is 0.0920. The number of carbonyl (C=O) groups excluding carboxylic acids is 1. The highest BCUT2D eigenvalue weighted by molar-refractivity contribution is 5.91. The summed E-state index contributed by atoms with van der Waals surface area (Å²) >= 11 is 0. The zero-order chi connectivity index (χ0) is 14.7. The first-order chi connectivity index (χ1) is 10.2. The Labute approximate surface area is 121 Å². The number of alkyl halides is 1. The molecular formula is C14H17FN4O2. The van der Waals surface area contributed by atoms with Crippen molar-refractivity contribution in [1.29, 1.82) is 0 Å². The van der Waals surface area contributed by atoms with Gasteiger partial charge in [-0.2, -0.15) is 5.10 Å². The summed E-state index contributed by atoms with van der Waals surface area (Å²) < 4.78 is 20.2. The molecule has 2 aromatic rings. The SMILES string of the molecule is O=C(NCC1CC(F)CN1)c1ccc(Cn2cccn2)o1. The maximum Gasteiger partial charge on any atom is 0.287 e. The number of halogens is 1. The Bertz CT molecular complexity index is 596. The van der Waals surface area contributed by atoms with E-state index in [0.29, 0.717) is 31.8 Å². The molecule has 2 atom stereocenters. The Morgan fingerprint density at radius 3 is 3.19 bits per heavy atom. The van der Waals surface area contributed by atoms with Gasteiger partial charge < -0.3 is 15.1 Å². The predicted octanol–water partition coefficient (Wildman–Crippen LogP) is 0.954. The molecule has 112 valence electrons. The fourth-order valence-corrected chi connectivity index (χ4v) is 2.37. The van der Waals surface area contributed by atoms with Crippen molar-refractivity contribution in [3.8, 4) is 0 Å². The van der Waals surface area contributed by atoms with Gasteiger partial charge in [-0.05, 0) is 24.6 Å². The second kappa shape index (κ2) is 6.09. The molecule has 0 bridgehead atoms. The summed E-state index contributed by atoms with van der Waals surface area (Å²) in [4.78, 5) is 11.9. The van der Waals surface area contributed by atoms with E-state index in [2.05, 4.69) is 15.7 Å². The monoisotopic (exact) mass is 292 g/mol. The predicted molar refractivity (Wildman–Crippen MR) is 73.7 cm³/mol. The van der Waals surface area contributed by atoms with Gasteiger partial charge in [-0.25, -0.2) is 4.39 Å². The van der Waals surface area contributed by atoms with Gasteiger partial charge in [0, 0.05) is 31.5 Å². The molecule has 7 heteroatoms. The van der Waals surface area contributed by atoms with E-state index in [1.54, 1.807) is 23.0 Å². The molecular weight excluding hydrogens is 275 g/mol. The van der Waals surface area contributed by atoms with Gasteiger partial charge >= 0.3 is 0 Å². The highest BCUT2D eigenvalue weighted by Gasteiger charge is 2.24. The topological polar surface area (TPSA) is 72.1 Å². The smallest absolute Gasteiger partial charge is 0.287 e. The van der Waals surface area contributed by atoms with E-state index in [4.69, 9.17) is 4.42 Å². The second-order valence-electron chi connectivity index (χ2n) is 5.12. The van der Waals surface area contributed by atoms with Crippen LogP contribution in [0.1, 0.15) is 22.7 Å². The highest BCUT2D eigenvalue weighted by Crippen LogP contribution is 2.11. The quantitative estimate of drug-likeness (QED) is 0.861. The van der Waals surface area contributed by atoms with E-state index in [1.807, 2.05) is 12.3 Å².